The van der Waals surface area contributed by atoms with E-state index in [-0.39, 0.29) is 10.7 Å². The monoisotopic (exact) mass is 300 g/mol. The van der Waals surface area contributed by atoms with Crippen molar-refractivity contribution in [2.45, 2.75) is 38.4 Å². The Bertz CT molecular complexity index is 444. The van der Waals surface area contributed by atoms with Crippen LogP contribution in [0.3, 0.4) is 0 Å². The van der Waals surface area contributed by atoms with Gasteiger partial charge < -0.3 is 11.1 Å². The third-order valence-electron chi connectivity index (χ3n) is 2.37. The molecule has 0 unspecified atom stereocenters. The number of nitrogens with one attached hydrogen (secondary N) is 1. The molecule has 5 heteroatoms. The van der Waals surface area contributed by atoms with Crippen LogP contribution in [0, 0.1) is 0 Å². The van der Waals surface area contributed by atoms with E-state index in [0.717, 1.165) is 12.2 Å². The van der Waals surface area contributed by atoms with Crippen LogP contribution in [0.2, 0.25) is 5.02 Å². The molecule has 0 aliphatic rings. The summed E-state index contributed by atoms with van der Waals surface area (Å²) in [6.45, 7) is 6.51. The summed E-state index contributed by atoms with van der Waals surface area (Å²) < 4.78 is 0.244. The zero-order valence-electron chi connectivity index (χ0n) is 11.6. The zero-order chi connectivity index (χ0) is 14.5. The van der Waals surface area contributed by atoms with Gasteiger partial charge in [-0.2, -0.15) is 11.8 Å². The van der Waals surface area contributed by atoms with Crippen molar-refractivity contribution in [3.05, 3.63) is 23.2 Å². The lowest BCUT2D eigenvalue weighted by atomic mass is 10.2. The molecule has 3 nitrogen and oxygen atoms in total. The summed E-state index contributed by atoms with van der Waals surface area (Å²) in [5.74, 6) is 0.950. The van der Waals surface area contributed by atoms with E-state index >= 15 is 0 Å². The number of amides is 1. The first-order chi connectivity index (χ1) is 8.78. The molecule has 1 rings (SSSR count). The van der Waals surface area contributed by atoms with E-state index in [2.05, 4.69) is 26.1 Å². The lowest BCUT2D eigenvalue weighted by Crippen LogP contribution is -2.14. The molecule has 1 aromatic rings. The van der Waals surface area contributed by atoms with Gasteiger partial charge in [-0.1, -0.05) is 32.4 Å². The Morgan fingerprint density at radius 2 is 2.11 bits per heavy atom. The smallest absolute Gasteiger partial charge is 0.224 e. The van der Waals surface area contributed by atoms with Crippen LogP contribution in [-0.4, -0.2) is 16.4 Å². The summed E-state index contributed by atoms with van der Waals surface area (Å²) in [6.07, 6.45) is 1.35. The first-order valence-corrected chi connectivity index (χ1v) is 7.63. The fraction of sp³-hybridized carbons (Fsp3) is 0.500. The van der Waals surface area contributed by atoms with Gasteiger partial charge in [0.15, 0.2) is 0 Å². The molecule has 0 heterocycles. The lowest BCUT2D eigenvalue weighted by Gasteiger charge is -2.17. The summed E-state index contributed by atoms with van der Waals surface area (Å²) in [7, 11) is 0. The molecule has 0 bridgehead atoms. The minimum Gasteiger partial charge on any atom is -0.397 e. The topological polar surface area (TPSA) is 55.1 Å². The van der Waals surface area contributed by atoms with Crippen LogP contribution >= 0.6 is 23.4 Å². The number of benzene rings is 1. The molecular weight excluding hydrogens is 280 g/mol. The van der Waals surface area contributed by atoms with Crippen LogP contribution < -0.4 is 11.1 Å². The number of nitrogens with two attached hydrogens (primary N) is 1. The molecule has 0 spiro atoms. The molecular formula is C14H21ClN2OS. The maximum Gasteiger partial charge on any atom is 0.224 e. The molecule has 0 aromatic heterocycles. The average Bonchev–Trinajstić information content (AvgIpc) is 2.28. The van der Waals surface area contributed by atoms with E-state index in [4.69, 9.17) is 17.3 Å². The summed E-state index contributed by atoms with van der Waals surface area (Å²) in [5, 5.41) is 3.35. The fourth-order valence-electron chi connectivity index (χ4n) is 1.46. The Morgan fingerprint density at radius 1 is 1.42 bits per heavy atom. The van der Waals surface area contributed by atoms with Gasteiger partial charge in [-0.05, 0) is 30.4 Å². The van der Waals surface area contributed by atoms with Gasteiger partial charge in [0.05, 0.1) is 11.4 Å². The molecule has 0 saturated carbocycles. The van der Waals surface area contributed by atoms with E-state index in [1.54, 1.807) is 18.2 Å². The predicted octanol–water partition coefficient (Wildman–Crippen LogP) is 4.17. The van der Waals surface area contributed by atoms with Crippen molar-refractivity contribution >= 4 is 40.6 Å². The van der Waals surface area contributed by atoms with E-state index in [1.807, 2.05) is 11.8 Å². The first-order valence-electron chi connectivity index (χ1n) is 6.27. The normalized spacial score (nSPS) is 11.4. The van der Waals surface area contributed by atoms with Crippen molar-refractivity contribution in [2.24, 2.45) is 0 Å². The maximum absolute atomic E-state index is 11.8. The highest BCUT2D eigenvalue weighted by atomic mass is 35.5. The van der Waals surface area contributed by atoms with E-state index < -0.39 is 0 Å². The van der Waals surface area contributed by atoms with Gasteiger partial charge in [0.25, 0.3) is 0 Å². The highest BCUT2D eigenvalue weighted by molar-refractivity contribution is 8.00. The molecule has 0 fully saturated rings. The summed E-state index contributed by atoms with van der Waals surface area (Å²) in [6, 6.07) is 5.05. The largest absolute Gasteiger partial charge is 0.397 e. The highest BCUT2D eigenvalue weighted by Crippen LogP contribution is 2.25. The van der Waals surface area contributed by atoms with Crippen LogP contribution in [0.5, 0.6) is 0 Å². The van der Waals surface area contributed by atoms with Gasteiger partial charge in [-0.15, -0.1) is 0 Å². The number of anilines is 2. The van der Waals surface area contributed by atoms with Crippen LogP contribution in [-0.2, 0) is 4.79 Å². The number of hydrogen-bond acceptors (Lipinski definition) is 3. The molecule has 0 atom stereocenters. The Balaban J connectivity index is 2.37. The van der Waals surface area contributed by atoms with Gasteiger partial charge >= 0.3 is 0 Å². The van der Waals surface area contributed by atoms with Gasteiger partial charge in [0.1, 0.15) is 0 Å². The highest BCUT2D eigenvalue weighted by Gasteiger charge is 2.11. The predicted molar refractivity (Wildman–Crippen MR) is 85.9 cm³/mol. The number of carbonyl (C=O) groups excluding carboxylic acids is 1. The van der Waals surface area contributed by atoms with Crippen molar-refractivity contribution in [3.8, 4) is 0 Å². The van der Waals surface area contributed by atoms with Gasteiger partial charge in [-0.3, -0.25) is 4.79 Å². The molecule has 106 valence electrons. The second-order valence-electron chi connectivity index (χ2n) is 5.34. The fourth-order valence-corrected chi connectivity index (χ4v) is 2.53. The van der Waals surface area contributed by atoms with Crippen LogP contribution in [0.1, 0.15) is 33.6 Å². The number of rotatable bonds is 5. The molecule has 1 aromatic carbocycles. The molecule has 1 amide bonds. The second kappa shape index (κ2) is 7.06. The summed E-state index contributed by atoms with van der Waals surface area (Å²) in [5.41, 5.74) is 6.89. The van der Waals surface area contributed by atoms with Crippen molar-refractivity contribution in [2.75, 3.05) is 16.8 Å². The van der Waals surface area contributed by atoms with Crippen molar-refractivity contribution in [1.82, 2.24) is 0 Å². The minimum atomic E-state index is -0.0246. The minimum absolute atomic E-state index is 0.0246. The van der Waals surface area contributed by atoms with Gasteiger partial charge in [0.2, 0.25) is 5.91 Å². The van der Waals surface area contributed by atoms with Gasteiger partial charge in [-0.25, -0.2) is 0 Å². The zero-order valence-corrected chi connectivity index (χ0v) is 13.2. The molecule has 0 aliphatic heterocycles. The van der Waals surface area contributed by atoms with E-state index in [0.29, 0.717) is 22.8 Å². The Labute approximate surface area is 124 Å². The van der Waals surface area contributed by atoms with Crippen molar-refractivity contribution in [3.63, 3.8) is 0 Å². The molecule has 3 N–H and O–H groups in total. The van der Waals surface area contributed by atoms with Gasteiger partial charge in [0, 0.05) is 16.2 Å². The van der Waals surface area contributed by atoms with E-state index in [1.165, 1.54) is 0 Å². The molecule has 0 aliphatic carbocycles. The van der Waals surface area contributed by atoms with E-state index in [9.17, 15) is 4.79 Å². The Kier molecular flexibility index (Phi) is 6.01. The number of hydrogen-bond donors (Lipinski definition) is 2. The number of thioether (sulfide) groups is 1. The Morgan fingerprint density at radius 3 is 2.74 bits per heavy atom. The summed E-state index contributed by atoms with van der Waals surface area (Å²) in [4.78, 5) is 11.8. The first kappa shape index (κ1) is 16.2. The molecule has 19 heavy (non-hydrogen) atoms. The van der Waals surface area contributed by atoms with Crippen LogP contribution in [0.25, 0.3) is 0 Å². The quantitative estimate of drug-likeness (QED) is 0.634. The van der Waals surface area contributed by atoms with Crippen molar-refractivity contribution < 1.29 is 4.79 Å². The van der Waals surface area contributed by atoms with Crippen molar-refractivity contribution in [1.29, 1.82) is 0 Å². The van der Waals surface area contributed by atoms with Crippen LogP contribution in [0.15, 0.2) is 18.2 Å². The molecule has 0 radical (unpaired) electrons. The SMILES string of the molecule is CC(C)(C)SCCCC(=O)Nc1cc(Cl)ccc1N. The average molecular weight is 301 g/mol. The maximum atomic E-state index is 11.8. The van der Waals surface area contributed by atoms with Crippen LogP contribution in [0.4, 0.5) is 11.4 Å². The number of halogens is 1. The lowest BCUT2D eigenvalue weighted by molar-refractivity contribution is -0.116. The third kappa shape index (κ3) is 6.73. The Hall–Kier alpha value is -0.870. The summed E-state index contributed by atoms with van der Waals surface area (Å²) >= 11 is 7.73. The molecule has 0 saturated heterocycles. The third-order valence-corrected chi connectivity index (χ3v) is 3.97. The number of nitrogen functional groups attached to an aromatic ring is 1. The number of carbonyl (C=O) groups is 1. The standard InChI is InChI=1S/C14H21ClN2OS/c1-14(2,3)19-8-4-5-13(18)17-12-9-10(15)6-7-11(12)16/h6-7,9H,4-5,8,16H2,1-3H3,(H,17,18). The second-order valence-corrected chi connectivity index (χ2v) is 7.70.